The molecule has 1 nitrogen and oxygen atoms in total. The van der Waals surface area contributed by atoms with E-state index in [9.17, 15) is 0 Å². The van der Waals surface area contributed by atoms with Crippen molar-refractivity contribution in [3.8, 4) is 22.3 Å². The molecule has 1 N–H and O–H groups in total. The number of rotatable bonds is 5. The minimum absolute atomic E-state index is 0.983. The van der Waals surface area contributed by atoms with Gasteiger partial charge in [-0.1, -0.05) is 127 Å². The van der Waals surface area contributed by atoms with Gasteiger partial charge in [-0.05, 0) is 83.5 Å². The van der Waals surface area contributed by atoms with Crippen molar-refractivity contribution in [2.45, 2.75) is 18.2 Å². The van der Waals surface area contributed by atoms with Crippen LogP contribution in [0, 0.1) is 12.3 Å². The number of hydrogen-bond donors (Lipinski definition) is 1. The Bertz CT molecular complexity index is 1910. The summed E-state index contributed by atoms with van der Waals surface area (Å²) in [7, 11) is 0. The predicted molar refractivity (Wildman–Crippen MR) is 192 cm³/mol. The summed E-state index contributed by atoms with van der Waals surface area (Å²) in [6, 6.07) is 52.3. The minimum Gasteiger partial charge on any atom is -0.317 e. The van der Waals surface area contributed by atoms with E-state index in [1.54, 1.807) is 11.8 Å². The molecule has 1 aromatic heterocycles. The van der Waals surface area contributed by atoms with Crippen molar-refractivity contribution in [2.24, 2.45) is 0 Å². The predicted octanol–water partition coefficient (Wildman–Crippen LogP) is 12.0. The van der Waals surface area contributed by atoms with Crippen LogP contribution in [0.2, 0.25) is 0 Å². The van der Waals surface area contributed by atoms with E-state index >= 15 is 0 Å². The number of thioether (sulfide) groups is 1. The number of hydrogen-bond acceptors (Lipinski definition) is 3. The fraction of sp³-hybridized carbons (Fsp3) is 0.0750. The molecule has 3 heteroatoms. The molecule has 0 radical (unpaired) electrons. The minimum atomic E-state index is 0.983. The molecule has 0 atom stereocenters. The third-order valence-corrected chi connectivity index (χ3v) is 9.27. The summed E-state index contributed by atoms with van der Waals surface area (Å²) in [4.78, 5) is 1.35. The number of aryl methyl sites for hydroxylation is 1. The van der Waals surface area contributed by atoms with E-state index in [-0.39, 0.29) is 0 Å². The lowest BCUT2D eigenvalue weighted by Gasteiger charge is -2.08. The Balaban J connectivity index is 0.000000185. The first-order chi connectivity index (χ1) is 21.2. The van der Waals surface area contributed by atoms with Crippen LogP contribution >= 0.6 is 23.1 Å². The van der Waals surface area contributed by atoms with Crippen molar-refractivity contribution < 1.29 is 0 Å². The second kappa shape index (κ2) is 14.6. The molecule has 212 valence electrons. The van der Waals surface area contributed by atoms with Gasteiger partial charge >= 0.3 is 0 Å². The Morgan fingerprint density at radius 2 is 1.16 bits per heavy atom. The van der Waals surface area contributed by atoms with E-state index in [4.69, 9.17) is 5.41 Å². The Morgan fingerprint density at radius 3 is 1.88 bits per heavy atom. The van der Waals surface area contributed by atoms with Crippen molar-refractivity contribution in [1.29, 1.82) is 5.41 Å². The van der Waals surface area contributed by atoms with Gasteiger partial charge in [0.2, 0.25) is 0 Å². The number of fused-ring (bicyclic) bond motifs is 3. The quantitative estimate of drug-likeness (QED) is 0.156. The summed E-state index contributed by atoms with van der Waals surface area (Å²) < 4.78 is 2.72. The lowest BCUT2D eigenvalue weighted by Crippen LogP contribution is -1.87. The fourth-order valence-electron chi connectivity index (χ4n) is 5.21. The van der Waals surface area contributed by atoms with Crippen LogP contribution in [0.3, 0.4) is 0 Å². The molecule has 0 spiro atoms. The van der Waals surface area contributed by atoms with Crippen molar-refractivity contribution >= 4 is 50.0 Å². The number of nitrogens with one attached hydrogen (secondary N) is 1. The first-order valence-electron chi connectivity index (χ1n) is 14.3. The third kappa shape index (κ3) is 7.32. The molecular weight excluding hydrogens is 559 g/mol. The molecule has 1 heterocycles. The zero-order valence-electron chi connectivity index (χ0n) is 24.6. The molecule has 0 bridgehead atoms. The number of thiophene rings is 1. The van der Waals surface area contributed by atoms with Gasteiger partial charge in [0.1, 0.15) is 0 Å². The molecule has 43 heavy (non-hydrogen) atoms. The van der Waals surface area contributed by atoms with Crippen LogP contribution in [0.5, 0.6) is 0 Å². The van der Waals surface area contributed by atoms with Crippen LogP contribution in [-0.2, 0) is 6.42 Å². The molecule has 0 saturated heterocycles. The fourth-order valence-corrected chi connectivity index (χ4v) is 7.06. The first-order valence-corrected chi connectivity index (χ1v) is 16.3. The van der Waals surface area contributed by atoms with E-state index in [0.29, 0.717) is 0 Å². The summed E-state index contributed by atoms with van der Waals surface area (Å²) in [6.45, 7) is 4.63. The number of benzene rings is 6. The van der Waals surface area contributed by atoms with Gasteiger partial charge in [0.25, 0.3) is 0 Å². The zero-order chi connectivity index (χ0) is 30.0. The molecule has 0 aliphatic rings. The molecule has 6 aromatic carbocycles. The van der Waals surface area contributed by atoms with Crippen molar-refractivity contribution in [3.63, 3.8) is 0 Å². The zero-order valence-corrected chi connectivity index (χ0v) is 26.2. The van der Waals surface area contributed by atoms with Gasteiger partial charge in [-0.15, -0.1) is 23.1 Å². The molecule has 0 unspecified atom stereocenters. The second-order valence-corrected chi connectivity index (χ2v) is 12.2. The molecule has 0 aliphatic heterocycles. The van der Waals surface area contributed by atoms with Crippen LogP contribution in [0.4, 0.5) is 0 Å². The maximum absolute atomic E-state index is 5.50. The third-order valence-electron chi connectivity index (χ3n) is 7.36. The van der Waals surface area contributed by atoms with Crippen molar-refractivity contribution in [2.75, 3.05) is 6.26 Å². The van der Waals surface area contributed by atoms with Crippen molar-refractivity contribution in [3.05, 3.63) is 162 Å². The Kier molecular flexibility index (Phi) is 10.2. The maximum atomic E-state index is 5.50. The van der Waals surface area contributed by atoms with Crippen LogP contribution in [0.25, 0.3) is 42.4 Å². The van der Waals surface area contributed by atoms with Gasteiger partial charge in [0.15, 0.2) is 0 Å². The standard InChI is InChI=1S/C25H18S.C14H14S.CH3N/c1-2-6-18(7-3-1)16-19-10-12-20(13-11-19)21-14-15-23-22-8-4-5-9-24(22)26-25(23)17-21;1-11-8-9-13(14(10-11)15-2)12-6-4-3-5-7-12;1-2/h1-15,17H,16H2;3-10H,1-2H3;2H,1H2. The monoisotopic (exact) mass is 593 g/mol. The highest BCUT2D eigenvalue weighted by Gasteiger charge is 2.07. The van der Waals surface area contributed by atoms with Gasteiger partial charge in [-0.3, -0.25) is 0 Å². The van der Waals surface area contributed by atoms with Crippen molar-refractivity contribution in [1.82, 2.24) is 0 Å². The largest absolute Gasteiger partial charge is 0.317 e. The highest BCUT2D eigenvalue weighted by molar-refractivity contribution is 7.98. The van der Waals surface area contributed by atoms with Crippen LogP contribution in [0.15, 0.2) is 150 Å². The van der Waals surface area contributed by atoms with Crippen LogP contribution < -0.4 is 0 Å². The van der Waals surface area contributed by atoms with E-state index in [1.807, 2.05) is 11.3 Å². The highest BCUT2D eigenvalue weighted by Crippen LogP contribution is 2.36. The molecule has 0 fully saturated rings. The molecule has 0 aliphatic carbocycles. The smallest absolute Gasteiger partial charge is 0.0361 e. The average molecular weight is 594 g/mol. The lowest BCUT2D eigenvalue weighted by atomic mass is 9.99. The topological polar surface area (TPSA) is 23.9 Å². The van der Waals surface area contributed by atoms with Crippen LogP contribution in [-0.4, -0.2) is 13.0 Å². The SMILES string of the molecule is C=N.CSc1cc(C)ccc1-c1ccccc1.c1ccc(Cc2ccc(-c3ccc4c(c3)sc3ccccc34)cc2)cc1. The molecule has 0 saturated carbocycles. The van der Waals surface area contributed by atoms with Gasteiger partial charge in [-0.25, -0.2) is 0 Å². The van der Waals surface area contributed by atoms with Gasteiger partial charge in [0, 0.05) is 25.1 Å². The van der Waals surface area contributed by atoms with E-state index in [2.05, 4.69) is 165 Å². The first kappa shape index (κ1) is 30.0. The normalized spacial score (nSPS) is 10.5. The van der Waals surface area contributed by atoms with E-state index in [1.165, 1.54) is 64.0 Å². The molecule has 7 rings (SSSR count). The lowest BCUT2D eigenvalue weighted by molar-refractivity contribution is 1.19. The molecular formula is C40H35NS2. The van der Waals surface area contributed by atoms with Gasteiger partial charge < -0.3 is 5.41 Å². The Labute approximate surface area is 263 Å². The molecule has 7 aromatic rings. The van der Waals surface area contributed by atoms with Gasteiger partial charge in [0.05, 0.1) is 0 Å². The van der Waals surface area contributed by atoms with Gasteiger partial charge in [-0.2, -0.15) is 0 Å². The highest BCUT2D eigenvalue weighted by atomic mass is 32.2. The van der Waals surface area contributed by atoms with E-state index < -0.39 is 0 Å². The summed E-state index contributed by atoms with van der Waals surface area (Å²) in [5.74, 6) is 0. The average Bonchev–Trinajstić information content (AvgIpc) is 3.45. The Hall–Kier alpha value is -4.44. The summed E-state index contributed by atoms with van der Waals surface area (Å²) in [6.07, 6.45) is 3.11. The summed E-state index contributed by atoms with van der Waals surface area (Å²) >= 11 is 3.68. The maximum Gasteiger partial charge on any atom is 0.0361 e. The summed E-state index contributed by atoms with van der Waals surface area (Å²) in [5.41, 5.74) is 9.21. The molecule has 0 amide bonds. The Morgan fingerprint density at radius 1 is 0.558 bits per heavy atom. The second-order valence-electron chi connectivity index (χ2n) is 10.2. The summed E-state index contributed by atoms with van der Waals surface area (Å²) in [5, 5.41) is 8.22. The van der Waals surface area contributed by atoms with Crippen LogP contribution in [0.1, 0.15) is 16.7 Å². The van der Waals surface area contributed by atoms with E-state index in [0.717, 1.165) is 6.42 Å².